The van der Waals surface area contributed by atoms with Crippen molar-refractivity contribution in [2.75, 3.05) is 26.2 Å². The van der Waals surface area contributed by atoms with Crippen LogP contribution in [-0.4, -0.2) is 66.9 Å². The Labute approximate surface area is 184 Å². The van der Waals surface area contributed by atoms with Crippen LogP contribution in [0.5, 0.6) is 0 Å². The first-order valence-electron chi connectivity index (χ1n) is 11.3. The normalized spacial score (nSPS) is 23.0. The summed E-state index contributed by atoms with van der Waals surface area (Å²) in [6, 6.07) is 7.45. The fourth-order valence-corrected chi connectivity index (χ4v) is 4.12. The van der Waals surface area contributed by atoms with Gasteiger partial charge in [0.2, 0.25) is 5.91 Å². The molecule has 2 aliphatic heterocycles. The van der Waals surface area contributed by atoms with Crippen molar-refractivity contribution < 1.29 is 19.1 Å². The molecule has 0 aliphatic carbocycles. The molecule has 7 nitrogen and oxygen atoms in total. The minimum atomic E-state index is -0.733. The number of ketones is 1. The second kappa shape index (κ2) is 10.4. The molecule has 0 aromatic heterocycles. The highest BCUT2D eigenvalue weighted by molar-refractivity contribution is 5.99. The number of Topliss-reactive ketones (excluding diaryl/α,β-unsaturated/α-hetero) is 1. The highest BCUT2D eigenvalue weighted by Gasteiger charge is 2.40. The molecule has 2 unspecified atom stereocenters. The van der Waals surface area contributed by atoms with Crippen molar-refractivity contribution >= 4 is 17.6 Å². The molecule has 0 bridgehead atoms. The number of rotatable bonds is 9. The lowest BCUT2D eigenvalue weighted by Crippen LogP contribution is -2.55. The third-order valence-corrected chi connectivity index (χ3v) is 6.46. The van der Waals surface area contributed by atoms with Gasteiger partial charge in [-0.15, -0.1) is 0 Å². The Morgan fingerprint density at radius 1 is 1.19 bits per heavy atom. The van der Waals surface area contributed by atoms with Crippen molar-refractivity contribution in [3.63, 3.8) is 0 Å². The maximum atomic E-state index is 13.2. The van der Waals surface area contributed by atoms with Gasteiger partial charge in [-0.3, -0.25) is 14.4 Å². The average molecular weight is 430 g/mol. The van der Waals surface area contributed by atoms with Crippen LogP contribution in [0, 0.1) is 5.41 Å². The Morgan fingerprint density at radius 2 is 1.87 bits per heavy atom. The summed E-state index contributed by atoms with van der Waals surface area (Å²) in [6.07, 6.45) is 3.29. The SMILES string of the molecule is CCC(C)(C)C[C@H](NC(=O)c1ccccc1)C(=O)NC1C(=O)COC1CN1CCCC1. The molecule has 2 fully saturated rings. The summed E-state index contributed by atoms with van der Waals surface area (Å²) in [5.74, 6) is -0.739. The lowest BCUT2D eigenvalue weighted by Gasteiger charge is -2.30. The summed E-state index contributed by atoms with van der Waals surface area (Å²) in [4.78, 5) is 40.7. The Hall–Kier alpha value is -2.25. The van der Waals surface area contributed by atoms with Crippen molar-refractivity contribution in [3.8, 4) is 0 Å². The van der Waals surface area contributed by atoms with Crippen LogP contribution < -0.4 is 10.6 Å². The van der Waals surface area contributed by atoms with Crippen LogP contribution in [0.4, 0.5) is 0 Å². The molecule has 3 rings (SSSR count). The summed E-state index contributed by atoms with van der Waals surface area (Å²) < 4.78 is 5.70. The van der Waals surface area contributed by atoms with Gasteiger partial charge in [0.25, 0.3) is 5.91 Å². The van der Waals surface area contributed by atoms with E-state index in [1.807, 2.05) is 6.07 Å². The first-order valence-corrected chi connectivity index (χ1v) is 11.3. The van der Waals surface area contributed by atoms with Gasteiger partial charge in [-0.25, -0.2) is 0 Å². The molecule has 2 amide bonds. The van der Waals surface area contributed by atoms with Gasteiger partial charge in [0.1, 0.15) is 18.7 Å². The minimum Gasteiger partial charge on any atom is -0.366 e. The van der Waals surface area contributed by atoms with E-state index in [0.29, 0.717) is 18.5 Å². The monoisotopic (exact) mass is 429 g/mol. The molecule has 2 aliphatic rings. The first kappa shape index (κ1) is 23.4. The lowest BCUT2D eigenvalue weighted by molar-refractivity contribution is -0.128. The summed E-state index contributed by atoms with van der Waals surface area (Å²) in [5, 5.41) is 5.79. The number of hydrogen-bond acceptors (Lipinski definition) is 5. The third-order valence-electron chi connectivity index (χ3n) is 6.46. The van der Waals surface area contributed by atoms with Crippen molar-refractivity contribution in [3.05, 3.63) is 35.9 Å². The van der Waals surface area contributed by atoms with E-state index in [-0.39, 0.29) is 35.7 Å². The van der Waals surface area contributed by atoms with E-state index in [2.05, 4.69) is 36.3 Å². The quantitative estimate of drug-likeness (QED) is 0.628. The van der Waals surface area contributed by atoms with E-state index in [4.69, 9.17) is 4.74 Å². The zero-order valence-electron chi connectivity index (χ0n) is 18.9. The Morgan fingerprint density at radius 3 is 2.52 bits per heavy atom. The molecule has 3 atom stereocenters. The zero-order chi connectivity index (χ0) is 22.4. The number of nitrogens with one attached hydrogen (secondary N) is 2. The number of hydrogen-bond donors (Lipinski definition) is 2. The van der Waals surface area contributed by atoms with Gasteiger partial charge in [-0.05, 0) is 49.9 Å². The average Bonchev–Trinajstić information content (AvgIpc) is 3.39. The number of likely N-dealkylation sites (tertiary alicyclic amines) is 1. The van der Waals surface area contributed by atoms with Crippen LogP contribution in [0.15, 0.2) is 30.3 Å². The van der Waals surface area contributed by atoms with E-state index in [9.17, 15) is 14.4 Å². The highest BCUT2D eigenvalue weighted by atomic mass is 16.5. The van der Waals surface area contributed by atoms with Gasteiger partial charge in [-0.2, -0.15) is 0 Å². The molecule has 31 heavy (non-hydrogen) atoms. The smallest absolute Gasteiger partial charge is 0.251 e. The number of nitrogens with zero attached hydrogens (tertiary/aromatic N) is 1. The standard InChI is InChI=1S/C24H35N3O4/c1-4-24(2,3)14-18(25-22(29)17-10-6-5-7-11-17)23(30)26-21-19(28)16-31-20(21)15-27-12-8-9-13-27/h5-7,10-11,18,20-21H,4,8-9,12-16H2,1-3H3,(H,25,29)(H,26,30)/t18-,20?,21?/m0/s1. The van der Waals surface area contributed by atoms with E-state index in [1.165, 1.54) is 0 Å². The number of benzene rings is 1. The molecule has 2 N–H and O–H groups in total. The predicted octanol–water partition coefficient (Wildman–Crippen LogP) is 2.16. The van der Waals surface area contributed by atoms with Crippen LogP contribution >= 0.6 is 0 Å². The summed E-state index contributed by atoms with van der Waals surface area (Å²) in [5.41, 5.74) is 0.360. The largest absolute Gasteiger partial charge is 0.366 e. The second-order valence-electron chi connectivity index (χ2n) is 9.42. The Balaban J connectivity index is 1.70. The Bertz CT molecular complexity index is 774. The van der Waals surface area contributed by atoms with E-state index >= 15 is 0 Å². The Kier molecular flexibility index (Phi) is 7.84. The van der Waals surface area contributed by atoms with Crippen molar-refractivity contribution in [1.29, 1.82) is 0 Å². The zero-order valence-corrected chi connectivity index (χ0v) is 18.9. The molecule has 1 aromatic carbocycles. The first-order chi connectivity index (χ1) is 14.8. The molecule has 2 saturated heterocycles. The van der Waals surface area contributed by atoms with Crippen LogP contribution in [0.2, 0.25) is 0 Å². The van der Waals surface area contributed by atoms with E-state index in [1.54, 1.807) is 24.3 Å². The van der Waals surface area contributed by atoms with Gasteiger partial charge in [0, 0.05) is 12.1 Å². The van der Waals surface area contributed by atoms with Gasteiger partial charge < -0.3 is 20.3 Å². The van der Waals surface area contributed by atoms with Gasteiger partial charge in [0.15, 0.2) is 5.78 Å². The maximum absolute atomic E-state index is 13.2. The van der Waals surface area contributed by atoms with Crippen molar-refractivity contribution in [1.82, 2.24) is 15.5 Å². The number of amides is 2. The number of ether oxygens (including phenoxy) is 1. The van der Waals surface area contributed by atoms with Crippen LogP contribution in [0.3, 0.4) is 0 Å². The predicted molar refractivity (Wildman–Crippen MR) is 119 cm³/mol. The summed E-state index contributed by atoms with van der Waals surface area (Å²) in [6.45, 7) is 8.85. The molecule has 7 heteroatoms. The minimum absolute atomic E-state index is 0.0188. The van der Waals surface area contributed by atoms with Crippen LogP contribution in [0.25, 0.3) is 0 Å². The molecule has 0 radical (unpaired) electrons. The molecular formula is C24H35N3O4. The third kappa shape index (κ3) is 6.37. The van der Waals surface area contributed by atoms with Crippen LogP contribution in [-0.2, 0) is 14.3 Å². The van der Waals surface area contributed by atoms with Crippen molar-refractivity contribution in [2.45, 2.75) is 64.6 Å². The van der Waals surface area contributed by atoms with Gasteiger partial charge in [0.05, 0.1) is 6.10 Å². The number of carbonyl (C=O) groups is 3. The van der Waals surface area contributed by atoms with Crippen LogP contribution in [0.1, 0.15) is 56.8 Å². The van der Waals surface area contributed by atoms with E-state index < -0.39 is 12.1 Å². The second-order valence-corrected chi connectivity index (χ2v) is 9.42. The fourth-order valence-electron chi connectivity index (χ4n) is 4.12. The molecule has 0 spiro atoms. The number of carbonyl (C=O) groups excluding carboxylic acids is 3. The van der Waals surface area contributed by atoms with Gasteiger partial charge in [-0.1, -0.05) is 45.4 Å². The van der Waals surface area contributed by atoms with Crippen molar-refractivity contribution in [2.24, 2.45) is 5.41 Å². The topological polar surface area (TPSA) is 87.7 Å². The molecule has 0 saturated carbocycles. The molecular weight excluding hydrogens is 394 g/mol. The molecule has 170 valence electrons. The summed E-state index contributed by atoms with van der Waals surface area (Å²) in [7, 11) is 0. The maximum Gasteiger partial charge on any atom is 0.251 e. The van der Waals surface area contributed by atoms with E-state index in [0.717, 1.165) is 32.4 Å². The lowest BCUT2D eigenvalue weighted by atomic mass is 9.83. The summed E-state index contributed by atoms with van der Waals surface area (Å²) >= 11 is 0. The fraction of sp³-hybridized carbons (Fsp3) is 0.625. The van der Waals surface area contributed by atoms with Gasteiger partial charge >= 0.3 is 0 Å². The molecule has 1 aromatic rings. The molecule has 2 heterocycles. The highest BCUT2D eigenvalue weighted by Crippen LogP contribution is 2.27.